The SMILES string of the molecule is C[C@@H]1C2CN(c3nc(Nc4cnn(C)c4)ncc3F)CC21NC(=O)C1CC1(F)F. The molecule has 2 saturated carbocycles. The molecule has 2 aliphatic carbocycles. The number of aryl methyl sites for hydroxylation is 1. The maximum atomic E-state index is 14.4. The molecule has 1 amide bonds. The van der Waals surface area contributed by atoms with Gasteiger partial charge in [0.2, 0.25) is 11.9 Å². The fourth-order valence-corrected chi connectivity index (χ4v) is 4.40. The van der Waals surface area contributed by atoms with Gasteiger partial charge < -0.3 is 15.5 Å². The van der Waals surface area contributed by atoms with Crippen LogP contribution in [0.2, 0.25) is 0 Å². The molecule has 154 valence electrons. The number of halogens is 3. The first-order chi connectivity index (χ1) is 13.7. The molecule has 0 spiro atoms. The lowest BCUT2D eigenvalue weighted by atomic mass is 10.2. The van der Waals surface area contributed by atoms with Crippen LogP contribution in [0.25, 0.3) is 0 Å². The highest BCUT2D eigenvalue weighted by Crippen LogP contribution is 2.57. The van der Waals surface area contributed by atoms with Gasteiger partial charge in [0.15, 0.2) is 11.6 Å². The average molecular weight is 407 g/mol. The summed E-state index contributed by atoms with van der Waals surface area (Å²) in [5.74, 6) is -4.78. The molecule has 0 bridgehead atoms. The summed E-state index contributed by atoms with van der Waals surface area (Å²) in [6.07, 6.45) is 4.01. The molecule has 3 unspecified atom stereocenters. The van der Waals surface area contributed by atoms with E-state index in [9.17, 15) is 18.0 Å². The minimum absolute atomic E-state index is 0.0721. The van der Waals surface area contributed by atoms with E-state index in [-0.39, 0.29) is 23.6 Å². The molecule has 11 heteroatoms. The lowest BCUT2D eigenvalue weighted by molar-refractivity contribution is -0.125. The van der Waals surface area contributed by atoms with Crippen LogP contribution in [0.5, 0.6) is 0 Å². The highest BCUT2D eigenvalue weighted by molar-refractivity contribution is 5.84. The van der Waals surface area contributed by atoms with Crippen molar-refractivity contribution in [3.05, 3.63) is 24.4 Å². The van der Waals surface area contributed by atoms with E-state index in [2.05, 4.69) is 25.7 Å². The number of hydrogen-bond donors (Lipinski definition) is 2. The Morgan fingerprint density at radius 1 is 1.34 bits per heavy atom. The molecular weight excluding hydrogens is 387 g/mol. The van der Waals surface area contributed by atoms with Crippen molar-refractivity contribution in [1.29, 1.82) is 0 Å². The van der Waals surface area contributed by atoms with Gasteiger partial charge in [0.1, 0.15) is 5.92 Å². The molecule has 5 rings (SSSR count). The molecule has 3 fully saturated rings. The van der Waals surface area contributed by atoms with E-state index in [1.54, 1.807) is 29.0 Å². The topological polar surface area (TPSA) is 88.0 Å². The summed E-state index contributed by atoms with van der Waals surface area (Å²) in [6, 6.07) is 0. The summed E-state index contributed by atoms with van der Waals surface area (Å²) in [6.45, 7) is 2.78. The molecule has 29 heavy (non-hydrogen) atoms. The Morgan fingerprint density at radius 2 is 2.10 bits per heavy atom. The Morgan fingerprint density at radius 3 is 2.76 bits per heavy atom. The molecule has 2 N–H and O–H groups in total. The van der Waals surface area contributed by atoms with Gasteiger partial charge >= 0.3 is 0 Å². The van der Waals surface area contributed by atoms with Crippen LogP contribution in [-0.4, -0.2) is 50.2 Å². The molecule has 4 atom stereocenters. The molecule has 1 aliphatic heterocycles. The number of amides is 1. The van der Waals surface area contributed by atoms with Gasteiger partial charge in [-0.3, -0.25) is 9.48 Å². The number of carbonyl (C=O) groups excluding carboxylic acids is 1. The van der Waals surface area contributed by atoms with E-state index in [1.165, 1.54) is 0 Å². The van der Waals surface area contributed by atoms with Crippen molar-refractivity contribution in [2.24, 2.45) is 24.8 Å². The zero-order valence-electron chi connectivity index (χ0n) is 15.9. The number of nitrogens with zero attached hydrogens (tertiary/aromatic N) is 5. The maximum Gasteiger partial charge on any atom is 0.260 e. The number of piperidine rings is 1. The maximum absolute atomic E-state index is 14.4. The molecule has 2 aromatic rings. The van der Waals surface area contributed by atoms with Crippen LogP contribution in [0, 0.1) is 23.6 Å². The van der Waals surface area contributed by atoms with Crippen molar-refractivity contribution in [3.8, 4) is 0 Å². The highest BCUT2D eigenvalue weighted by Gasteiger charge is 2.70. The predicted molar refractivity (Wildman–Crippen MR) is 97.3 cm³/mol. The molecular formula is C18H20F3N7O. The van der Waals surface area contributed by atoms with E-state index < -0.39 is 35.5 Å². The second-order valence-corrected chi connectivity index (χ2v) is 8.22. The minimum atomic E-state index is -2.90. The van der Waals surface area contributed by atoms with Gasteiger partial charge in [-0.15, -0.1) is 0 Å². The van der Waals surface area contributed by atoms with Crippen molar-refractivity contribution in [3.63, 3.8) is 0 Å². The van der Waals surface area contributed by atoms with E-state index in [1.807, 2.05) is 6.92 Å². The van der Waals surface area contributed by atoms with Gasteiger partial charge in [0.25, 0.3) is 5.92 Å². The summed E-state index contributed by atoms with van der Waals surface area (Å²) in [4.78, 5) is 22.2. The number of anilines is 3. The predicted octanol–water partition coefficient (Wildman–Crippen LogP) is 1.69. The second kappa shape index (κ2) is 5.83. The second-order valence-electron chi connectivity index (χ2n) is 8.22. The number of rotatable bonds is 5. The third kappa shape index (κ3) is 2.90. The van der Waals surface area contributed by atoms with Crippen LogP contribution >= 0.6 is 0 Å². The number of carbonyl (C=O) groups is 1. The fraction of sp³-hybridized carbons (Fsp3) is 0.556. The van der Waals surface area contributed by atoms with Crippen LogP contribution in [-0.2, 0) is 11.8 Å². The summed E-state index contributed by atoms with van der Waals surface area (Å²) < 4.78 is 42.5. The van der Waals surface area contributed by atoms with Crippen molar-refractivity contribution in [1.82, 2.24) is 25.1 Å². The first kappa shape index (κ1) is 18.2. The summed E-state index contributed by atoms with van der Waals surface area (Å²) in [7, 11) is 1.77. The first-order valence-electron chi connectivity index (χ1n) is 9.42. The molecule has 0 aromatic carbocycles. The summed E-state index contributed by atoms with van der Waals surface area (Å²) in [5.41, 5.74) is 0.0569. The van der Waals surface area contributed by atoms with Crippen molar-refractivity contribution < 1.29 is 18.0 Å². The van der Waals surface area contributed by atoms with E-state index in [0.717, 1.165) is 6.20 Å². The van der Waals surface area contributed by atoms with Gasteiger partial charge in [-0.25, -0.2) is 18.2 Å². The van der Waals surface area contributed by atoms with Crippen molar-refractivity contribution >= 4 is 23.4 Å². The quantitative estimate of drug-likeness (QED) is 0.784. The average Bonchev–Trinajstić information content (AvgIpc) is 3.24. The molecule has 3 heterocycles. The number of alkyl halides is 2. The normalized spacial score (nSPS) is 31.3. The van der Waals surface area contributed by atoms with Gasteiger partial charge in [-0.2, -0.15) is 10.1 Å². The van der Waals surface area contributed by atoms with Crippen LogP contribution in [0.1, 0.15) is 13.3 Å². The van der Waals surface area contributed by atoms with Crippen molar-refractivity contribution in [2.75, 3.05) is 23.3 Å². The third-order valence-electron chi connectivity index (χ3n) is 6.32. The Kier molecular flexibility index (Phi) is 3.66. The Labute approximate surface area is 164 Å². The monoisotopic (exact) mass is 407 g/mol. The molecule has 0 radical (unpaired) electrons. The van der Waals surface area contributed by atoms with Gasteiger partial charge in [0, 0.05) is 38.7 Å². The number of hydrogen-bond acceptors (Lipinski definition) is 6. The standard InChI is InChI=1S/C18H20F3N7O/c1-9-12-7-28(8-17(9,12)26-15(29)11-3-18(11,20)21)14-13(19)5-22-16(25-14)24-10-4-23-27(2)6-10/h4-6,9,11-12H,3,7-8H2,1-2H3,(H,26,29)(H,22,24,25)/t9-,11?,12?,17?/m1/s1. The minimum Gasteiger partial charge on any atom is -0.351 e. The lowest BCUT2D eigenvalue weighted by Gasteiger charge is -2.25. The van der Waals surface area contributed by atoms with E-state index in [0.29, 0.717) is 18.8 Å². The van der Waals surface area contributed by atoms with Gasteiger partial charge in [-0.1, -0.05) is 6.92 Å². The van der Waals surface area contributed by atoms with Crippen molar-refractivity contribution in [2.45, 2.75) is 24.8 Å². The Bertz CT molecular complexity index is 996. The van der Waals surface area contributed by atoms with Crippen LogP contribution in [0.4, 0.5) is 30.6 Å². The summed E-state index contributed by atoms with van der Waals surface area (Å²) in [5, 5.41) is 9.83. The smallest absolute Gasteiger partial charge is 0.260 e. The third-order valence-corrected chi connectivity index (χ3v) is 6.32. The zero-order chi connectivity index (χ0) is 20.6. The zero-order valence-corrected chi connectivity index (χ0v) is 15.9. The van der Waals surface area contributed by atoms with E-state index >= 15 is 0 Å². The molecule has 1 saturated heterocycles. The van der Waals surface area contributed by atoms with Crippen LogP contribution in [0.3, 0.4) is 0 Å². The van der Waals surface area contributed by atoms with Crippen LogP contribution in [0.15, 0.2) is 18.6 Å². The fourth-order valence-electron chi connectivity index (χ4n) is 4.40. The number of nitrogens with one attached hydrogen (secondary N) is 2. The van der Waals surface area contributed by atoms with Gasteiger partial charge in [0.05, 0.1) is 23.6 Å². The lowest BCUT2D eigenvalue weighted by Crippen LogP contribution is -2.45. The number of aromatic nitrogens is 4. The Balaban J connectivity index is 1.32. The first-order valence-corrected chi connectivity index (χ1v) is 9.42. The van der Waals surface area contributed by atoms with E-state index in [4.69, 9.17) is 0 Å². The number of fused-ring (bicyclic) bond motifs is 1. The molecule has 8 nitrogen and oxygen atoms in total. The highest BCUT2D eigenvalue weighted by atomic mass is 19.3. The molecule has 2 aromatic heterocycles. The Hall–Kier alpha value is -2.85. The largest absolute Gasteiger partial charge is 0.351 e. The summed E-state index contributed by atoms with van der Waals surface area (Å²) >= 11 is 0. The van der Waals surface area contributed by atoms with Crippen LogP contribution < -0.4 is 15.5 Å². The molecule has 3 aliphatic rings. The van der Waals surface area contributed by atoms with Gasteiger partial charge in [-0.05, 0) is 5.92 Å².